The molecule has 0 aliphatic rings. The molecule has 0 aromatic heterocycles. The van der Waals surface area contributed by atoms with Crippen LogP contribution in [-0.2, 0) is 4.79 Å². The number of hydrogen-bond acceptors (Lipinski definition) is 1. The predicted molar refractivity (Wildman–Crippen MR) is 76.7 cm³/mol. The monoisotopic (exact) mass is 267 g/mol. The van der Waals surface area contributed by atoms with Gasteiger partial charge in [0.15, 0.2) is 0 Å². The third-order valence-electron chi connectivity index (χ3n) is 2.78. The largest absolute Gasteiger partial charge is 0.349 e. The highest BCUT2D eigenvalue weighted by molar-refractivity contribution is 6.17. The Morgan fingerprint density at radius 2 is 1.94 bits per heavy atom. The molecule has 100 valence electrons. The van der Waals surface area contributed by atoms with E-state index in [-0.39, 0.29) is 11.9 Å². The molecule has 0 aliphatic carbocycles. The van der Waals surface area contributed by atoms with Crippen LogP contribution < -0.4 is 5.32 Å². The average molecular weight is 268 g/mol. The Morgan fingerprint density at radius 3 is 2.50 bits per heavy atom. The van der Waals surface area contributed by atoms with Gasteiger partial charge in [-0.25, -0.2) is 0 Å². The van der Waals surface area contributed by atoms with Gasteiger partial charge in [-0.15, -0.1) is 11.6 Å². The van der Waals surface area contributed by atoms with Crippen molar-refractivity contribution in [3.63, 3.8) is 0 Å². The van der Waals surface area contributed by atoms with Crippen LogP contribution in [0.2, 0.25) is 0 Å². The van der Waals surface area contributed by atoms with Crippen molar-refractivity contribution in [3.05, 3.63) is 35.9 Å². The Labute approximate surface area is 115 Å². The molecule has 1 N–H and O–H groups in total. The van der Waals surface area contributed by atoms with Gasteiger partial charge >= 0.3 is 0 Å². The molecule has 3 heteroatoms. The van der Waals surface area contributed by atoms with E-state index in [2.05, 4.69) is 31.3 Å². The van der Waals surface area contributed by atoms with Crippen molar-refractivity contribution in [1.29, 1.82) is 0 Å². The van der Waals surface area contributed by atoms with Gasteiger partial charge in [0.05, 0.1) is 6.04 Å². The number of carbonyl (C=O) groups excluding carboxylic acids is 1. The van der Waals surface area contributed by atoms with Gasteiger partial charge in [0, 0.05) is 12.3 Å². The SMILES string of the molecule is CC(C)CC(NC(=O)CCCCl)c1ccccc1. The minimum atomic E-state index is 0.0881. The van der Waals surface area contributed by atoms with E-state index in [0.717, 1.165) is 12.8 Å². The number of hydrogen-bond donors (Lipinski definition) is 1. The fourth-order valence-corrected chi connectivity index (χ4v) is 2.06. The lowest BCUT2D eigenvalue weighted by atomic mass is 9.97. The second-order valence-corrected chi connectivity index (χ2v) is 5.33. The van der Waals surface area contributed by atoms with Crippen molar-refractivity contribution in [2.45, 2.75) is 39.2 Å². The van der Waals surface area contributed by atoms with E-state index in [9.17, 15) is 4.79 Å². The van der Waals surface area contributed by atoms with Crippen molar-refractivity contribution >= 4 is 17.5 Å². The molecular formula is C15H22ClNO. The zero-order chi connectivity index (χ0) is 13.4. The van der Waals surface area contributed by atoms with Crippen molar-refractivity contribution in [2.24, 2.45) is 5.92 Å². The summed E-state index contributed by atoms with van der Waals surface area (Å²) in [5.41, 5.74) is 1.17. The molecule has 1 rings (SSSR count). The molecular weight excluding hydrogens is 246 g/mol. The first kappa shape index (κ1) is 15.0. The second kappa shape index (κ2) is 8.15. The van der Waals surface area contributed by atoms with Gasteiger partial charge in [-0.2, -0.15) is 0 Å². The van der Waals surface area contributed by atoms with Crippen LogP contribution in [0, 0.1) is 5.92 Å². The third-order valence-corrected chi connectivity index (χ3v) is 3.05. The Hall–Kier alpha value is -1.02. The van der Waals surface area contributed by atoms with Gasteiger partial charge < -0.3 is 5.32 Å². The highest BCUT2D eigenvalue weighted by atomic mass is 35.5. The van der Waals surface area contributed by atoms with Gasteiger partial charge in [0.2, 0.25) is 5.91 Å². The average Bonchev–Trinajstić information content (AvgIpc) is 2.36. The Bertz CT molecular complexity index is 351. The molecule has 1 aromatic carbocycles. The summed E-state index contributed by atoms with van der Waals surface area (Å²) in [6, 6.07) is 10.2. The number of amides is 1. The van der Waals surface area contributed by atoms with Crippen LogP contribution in [0.1, 0.15) is 44.7 Å². The van der Waals surface area contributed by atoms with Gasteiger partial charge in [-0.3, -0.25) is 4.79 Å². The van der Waals surface area contributed by atoms with Crippen molar-refractivity contribution in [3.8, 4) is 0 Å². The number of alkyl halides is 1. The lowest BCUT2D eigenvalue weighted by molar-refractivity contribution is -0.122. The Morgan fingerprint density at radius 1 is 1.28 bits per heavy atom. The van der Waals surface area contributed by atoms with Crippen molar-refractivity contribution in [2.75, 3.05) is 5.88 Å². The molecule has 1 atom stereocenters. The fraction of sp³-hybridized carbons (Fsp3) is 0.533. The standard InChI is InChI=1S/C15H22ClNO/c1-12(2)11-14(13-7-4-3-5-8-13)17-15(18)9-6-10-16/h3-5,7-8,12,14H,6,9-11H2,1-2H3,(H,17,18). The van der Waals surface area contributed by atoms with E-state index in [1.807, 2.05) is 18.2 Å². The summed E-state index contributed by atoms with van der Waals surface area (Å²) in [4.78, 5) is 11.8. The number of rotatable bonds is 7. The van der Waals surface area contributed by atoms with Crippen LogP contribution in [0.5, 0.6) is 0 Å². The molecule has 0 bridgehead atoms. The quantitative estimate of drug-likeness (QED) is 0.746. The highest BCUT2D eigenvalue weighted by Gasteiger charge is 2.15. The molecule has 0 saturated carbocycles. The number of halogens is 1. The van der Waals surface area contributed by atoms with E-state index in [1.54, 1.807) is 0 Å². The van der Waals surface area contributed by atoms with E-state index in [4.69, 9.17) is 11.6 Å². The molecule has 0 heterocycles. The van der Waals surface area contributed by atoms with Crippen LogP contribution in [0.25, 0.3) is 0 Å². The fourth-order valence-electron chi connectivity index (χ4n) is 1.93. The summed E-state index contributed by atoms with van der Waals surface area (Å²) in [6.07, 6.45) is 2.19. The maximum Gasteiger partial charge on any atom is 0.220 e. The maximum absolute atomic E-state index is 11.8. The first-order valence-corrected chi connectivity index (χ1v) is 7.07. The summed E-state index contributed by atoms with van der Waals surface area (Å²) in [7, 11) is 0. The normalized spacial score (nSPS) is 12.4. The molecule has 0 fully saturated rings. The summed E-state index contributed by atoms with van der Waals surface area (Å²) >= 11 is 5.60. The highest BCUT2D eigenvalue weighted by Crippen LogP contribution is 2.21. The molecule has 1 unspecified atom stereocenters. The molecule has 1 aromatic rings. The zero-order valence-corrected chi connectivity index (χ0v) is 11.9. The first-order chi connectivity index (χ1) is 8.63. The lowest BCUT2D eigenvalue weighted by Crippen LogP contribution is -2.29. The minimum Gasteiger partial charge on any atom is -0.349 e. The molecule has 0 saturated heterocycles. The van der Waals surface area contributed by atoms with Crippen molar-refractivity contribution in [1.82, 2.24) is 5.32 Å². The molecule has 0 aliphatic heterocycles. The molecule has 18 heavy (non-hydrogen) atoms. The van der Waals surface area contributed by atoms with E-state index in [0.29, 0.717) is 18.2 Å². The lowest BCUT2D eigenvalue weighted by Gasteiger charge is -2.21. The van der Waals surface area contributed by atoms with E-state index < -0.39 is 0 Å². The predicted octanol–water partition coefficient (Wildman–Crippen LogP) is 3.91. The van der Waals surface area contributed by atoms with Crippen LogP contribution in [0.3, 0.4) is 0 Å². The van der Waals surface area contributed by atoms with Gasteiger partial charge in [-0.05, 0) is 24.3 Å². The number of benzene rings is 1. The summed E-state index contributed by atoms with van der Waals surface area (Å²) in [5, 5.41) is 3.10. The third kappa shape index (κ3) is 5.54. The van der Waals surface area contributed by atoms with Crippen LogP contribution >= 0.6 is 11.6 Å². The minimum absolute atomic E-state index is 0.0881. The van der Waals surface area contributed by atoms with Gasteiger partial charge in [-0.1, -0.05) is 44.2 Å². The molecule has 2 nitrogen and oxygen atoms in total. The summed E-state index contributed by atoms with van der Waals surface area (Å²) in [6.45, 7) is 4.34. The molecule has 0 radical (unpaired) electrons. The van der Waals surface area contributed by atoms with E-state index >= 15 is 0 Å². The first-order valence-electron chi connectivity index (χ1n) is 6.53. The topological polar surface area (TPSA) is 29.1 Å². The van der Waals surface area contributed by atoms with Crippen LogP contribution in [0.4, 0.5) is 0 Å². The molecule has 1 amide bonds. The van der Waals surface area contributed by atoms with Crippen LogP contribution in [-0.4, -0.2) is 11.8 Å². The smallest absolute Gasteiger partial charge is 0.220 e. The van der Waals surface area contributed by atoms with Gasteiger partial charge in [0.1, 0.15) is 0 Å². The van der Waals surface area contributed by atoms with E-state index in [1.165, 1.54) is 5.56 Å². The zero-order valence-electron chi connectivity index (χ0n) is 11.2. The van der Waals surface area contributed by atoms with Crippen LogP contribution in [0.15, 0.2) is 30.3 Å². The summed E-state index contributed by atoms with van der Waals surface area (Å²) in [5.74, 6) is 1.17. The maximum atomic E-state index is 11.8. The van der Waals surface area contributed by atoms with Gasteiger partial charge in [0.25, 0.3) is 0 Å². The number of carbonyl (C=O) groups is 1. The van der Waals surface area contributed by atoms with Crippen molar-refractivity contribution < 1.29 is 4.79 Å². The number of nitrogens with one attached hydrogen (secondary N) is 1. The Kier molecular flexibility index (Phi) is 6.81. The Balaban J connectivity index is 2.64. The second-order valence-electron chi connectivity index (χ2n) is 4.95. The summed E-state index contributed by atoms with van der Waals surface area (Å²) < 4.78 is 0. The molecule has 0 spiro atoms.